The number of rotatable bonds is 4. The molecule has 1 aromatic heterocycles. The minimum atomic E-state index is -4.59. The first-order chi connectivity index (χ1) is 12.7. The Morgan fingerprint density at radius 1 is 1.26 bits per heavy atom. The molecule has 1 fully saturated rings. The molecule has 1 aromatic carbocycles. The smallest absolute Gasteiger partial charge is 0.272 e. The lowest BCUT2D eigenvalue weighted by Crippen LogP contribution is -2.45. The molecule has 1 atom stereocenters. The number of aromatic nitrogens is 1. The largest absolute Gasteiger partial charge is 0.417 e. The Morgan fingerprint density at radius 2 is 1.93 bits per heavy atom. The minimum absolute atomic E-state index is 0.0268. The molecule has 5 nitrogen and oxygen atoms in total. The number of hydrogen-bond donors (Lipinski definition) is 0. The Hall–Kier alpha value is -2.26. The molecule has 27 heavy (non-hydrogen) atoms. The molecule has 2 heterocycles. The van der Waals surface area contributed by atoms with Crippen molar-refractivity contribution in [1.29, 1.82) is 0 Å². The Balaban J connectivity index is 1.81. The van der Waals surface area contributed by atoms with Crippen molar-refractivity contribution in [3.05, 3.63) is 53.2 Å². The second-order valence-electron chi connectivity index (χ2n) is 5.72. The molecule has 2 aromatic rings. The van der Waals surface area contributed by atoms with Crippen molar-refractivity contribution in [3.8, 4) is 0 Å². The summed E-state index contributed by atoms with van der Waals surface area (Å²) in [5, 5.41) is 1.00. The van der Waals surface area contributed by atoms with E-state index in [1.54, 1.807) is 0 Å². The third kappa shape index (κ3) is 4.03. The predicted octanol–water partition coefficient (Wildman–Crippen LogP) is 4.02. The first-order valence-electron chi connectivity index (χ1n) is 7.73. The van der Waals surface area contributed by atoms with E-state index in [0.717, 1.165) is 14.9 Å². The van der Waals surface area contributed by atoms with Crippen molar-refractivity contribution in [2.75, 3.05) is 12.1 Å². The third-order valence-electron chi connectivity index (χ3n) is 3.86. The zero-order chi connectivity index (χ0) is 19.8. The summed E-state index contributed by atoms with van der Waals surface area (Å²) in [5.41, 5.74) is -1.01. The molecule has 0 spiro atoms. The number of carbonyl (C=O) groups excluding carboxylic acids is 2. The molecular weight excluding hydrogens is 403 g/mol. The van der Waals surface area contributed by atoms with Crippen LogP contribution in [0.2, 0.25) is 5.02 Å². The second kappa shape index (κ2) is 7.40. The molecule has 10 heteroatoms. The molecule has 2 amide bonds. The molecule has 1 aliphatic heterocycles. The number of thioether (sulfide) groups is 1. The molecule has 3 rings (SSSR count). The first kappa shape index (κ1) is 19.5. The summed E-state index contributed by atoms with van der Waals surface area (Å²) < 4.78 is 38.3. The number of carbonyl (C=O) groups is 2. The summed E-state index contributed by atoms with van der Waals surface area (Å²) in [6, 6.07) is 9.83. The van der Waals surface area contributed by atoms with Crippen molar-refractivity contribution >= 4 is 41.0 Å². The van der Waals surface area contributed by atoms with Crippen LogP contribution in [0.15, 0.2) is 47.5 Å². The number of pyridine rings is 1. The lowest BCUT2D eigenvalue weighted by molar-refractivity contribution is -0.139. The SMILES string of the molecule is CN(c1ncc(C(F)(F)F)cc1Cl)N1C(=O)C[C@@H](Sc2ccccc2)C1=O. The second-order valence-corrected chi connectivity index (χ2v) is 7.40. The van der Waals surface area contributed by atoms with Crippen molar-refractivity contribution in [3.63, 3.8) is 0 Å². The number of hydrogen-bond acceptors (Lipinski definition) is 5. The summed E-state index contributed by atoms with van der Waals surface area (Å²) >= 11 is 7.16. The number of halogens is 4. The highest BCUT2D eigenvalue weighted by molar-refractivity contribution is 8.00. The highest BCUT2D eigenvalue weighted by Crippen LogP contribution is 2.36. The van der Waals surface area contributed by atoms with E-state index in [4.69, 9.17) is 11.6 Å². The number of alkyl halides is 3. The van der Waals surface area contributed by atoms with E-state index in [2.05, 4.69) is 4.98 Å². The van der Waals surface area contributed by atoms with Crippen LogP contribution in [0.4, 0.5) is 19.0 Å². The number of amides is 2. The summed E-state index contributed by atoms with van der Waals surface area (Å²) in [4.78, 5) is 29.5. The van der Waals surface area contributed by atoms with Crippen LogP contribution in [0.3, 0.4) is 0 Å². The maximum Gasteiger partial charge on any atom is 0.417 e. The van der Waals surface area contributed by atoms with Gasteiger partial charge in [0.1, 0.15) is 0 Å². The van der Waals surface area contributed by atoms with Crippen LogP contribution in [-0.4, -0.2) is 34.1 Å². The first-order valence-corrected chi connectivity index (χ1v) is 8.99. The number of benzene rings is 1. The van der Waals surface area contributed by atoms with Crippen LogP contribution < -0.4 is 5.01 Å². The molecule has 0 bridgehead atoms. The van der Waals surface area contributed by atoms with Crippen LogP contribution in [0.1, 0.15) is 12.0 Å². The van der Waals surface area contributed by atoms with Gasteiger partial charge in [-0.25, -0.2) is 4.98 Å². The average Bonchev–Trinajstić information content (AvgIpc) is 2.88. The van der Waals surface area contributed by atoms with Crippen LogP contribution in [0, 0.1) is 0 Å². The van der Waals surface area contributed by atoms with Crippen LogP contribution in [0.5, 0.6) is 0 Å². The zero-order valence-corrected chi connectivity index (χ0v) is 15.5. The van der Waals surface area contributed by atoms with E-state index in [0.29, 0.717) is 12.3 Å². The van der Waals surface area contributed by atoms with Gasteiger partial charge in [-0.1, -0.05) is 29.8 Å². The Kier molecular flexibility index (Phi) is 5.34. The number of anilines is 1. The Bertz CT molecular complexity index is 879. The predicted molar refractivity (Wildman–Crippen MR) is 95.2 cm³/mol. The minimum Gasteiger partial charge on any atom is -0.272 e. The fourth-order valence-corrected chi connectivity index (χ4v) is 3.94. The van der Waals surface area contributed by atoms with Crippen molar-refractivity contribution in [2.45, 2.75) is 22.7 Å². The number of hydrazine groups is 1. The van der Waals surface area contributed by atoms with Crippen LogP contribution in [-0.2, 0) is 15.8 Å². The molecule has 0 unspecified atom stereocenters. The fraction of sp³-hybridized carbons (Fsp3) is 0.235. The third-order valence-corrected chi connectivity index (χ3v) is 5.33. The van der Waals surface area contributed by atoms with Gasteiger partial charge in [-0.05, 0) is 18.2 Å². The number of imide groups is 1. The molecule has 0 aliphatic carbocycles. The Labute approximate surface area is 162 Å². The maximum atomic E-state index is 12.8. The van der Waals surface area contributed by atoms with Crippen LogP contribution >= 0.6 is 23.4 Å². The van der Waals surface area contributed by atoms with Crippen LogP contribution in [0.25, 0.3) is 0 Å². The van der Waals surface area contributed by atoms with E-state index in [1.807, 2.05) is 30.3 Å². The standard InChI is InChI=1S/C17H13ClF3N3O2S/c1-23(15-12(18)7-10(9-22-15)17(19,20)21)24-14(25)8-13(16(24)26)27-11-5-3-2-4-6-11/h2-7,9,13H,8H2,1H3/t13-/m1/s1. The van der Waals surface area contributed by atoms with Crippen molar-refractivity contribution in [2.24, 2.45) is 0 Å². The van der Waals surface area contributed by atoms with Gasteiger partial charge < -0.3 is 0 Å². The highest BCUT2D eigenvalue weighted by atomic mass is 35.5. The molecule has 1 saturated heterocycles. The van der Waals surface area contributed by atoms with E-state index < -0.39 is 28.8 Å². The van der Waals surface area contributed by atoms with Gasteiger partial charge in [0.25, 0.3) is 5.91 Å². The molecular formula is C17H13ClF3N3O2S. The van der Waals surface area contributed by atoms with E-state index in [-0.39, 0.29) is 17.3 Å². The molecule has 0 N–H and O–H groups in total. The lowest BCUT2D eigenvalue weighted by Gasteiger charge is -2.28. The van der Waals surface area contributed by atoms with Gasteiger partial charge >= 0.3 is 6.18 Å². The quantitative estimate of drug-likeness (QED) is 0.706. The summed E-state index contributed by atoms with van der Waals surface area (Å²) in [7, 11) is 1.35. The monoisotopic (exact) mass is 415 g/mol. The average molecular weight is 416 g/mol. The maximum absolute atomic E-state index is 12.8. The number of nitrogens with zero attached hydrogens (tertiary/aromatic N) is 3. The fourth-order valence-electron chi connectivity index (χ4n) is 2.58. The van der Waals surface area contributed by atoms with Gasteiger partial charge in [0, 0.05) is 18.1 Å². The summed E-state index contributed by atoms with van der Waals surface area (Å²) in [5.74, 6) is -1.07. The van der Waals surface area contributed by atoms with Gasteiger partial charge in [0.15, 0.2) is 5.82 Å². The highest BCUT2D eigenvalue weighted by Gasteiger charge is 2.42. The Morgan fingerprint density at radius 3 is 2.52 bits per heavy atom. The summed E-state index contributed by atoms with van der Waals surface area (Å²) in [6.45, 7) is 0. The normalized spacial score (nSPS) is 17.5. The van der Waals surface area contributed by atoms with Gasteiger partial charge in [-0.2, -0.15) is 18.2 Å². The van der Waals surface area contributed by atoms with Crippen molar-refractivity contribution in [1.82, 2.24) is 9.99 Å². The van der Waals surface area contributed by atoms with Gasteiger partial charge in [0.2, 0.25) is 5.91 Å². The molecule has 1 aliphatic rings. The molecule has 142 valence electrons. The van der Waals surface area contributed by atoms with Gasteiger partial charge in [0.05, 0.1) is 22.3 Å². The summed E-state index contributed by atoms with van der Waals surface area (Å²) in [6.07, 6.45) is -4.01. The van der Waals surface area contributed by atoms with E-state index in [9.17, 15) is 22.8 Å². The van der Waals surface area contributed by atoms with Gasteiger partial charge in [-0.3, -0.25) is 14.6 Å². The molecule has 0 saturated carbocycles. The molecule has 0 radical (unpaired) electrons. The topological polar surface area (TPSA) is 53.5 Å². The van der Waals surface area contributed by atoms with E-state index in [1.165, 1.54) is 18.8 Å². The van der Waals surface area contributed by atoms with Crippen molar-refractivity contribution < 1.29 is 22.8 Å². The van der Waals surface area contributed by atoms with Gasteiger partial charge in [-0.15, -0.1) is 11.8 Å². The zero-order valence-electron chi connectivity index (χ0n) is 13.9. The lowest BCUT2D eigenvalue weighted by atomic mass is 10.3. The van der Waals surface area contributed by atoms with E-state index >= 15 is 0 Å².